The Hall–Kier alpha value is -1.55. The van der Waals surface area contributed by atoms with Gasteiger partial charge in [0.25, 0.3) is 0 Å². The number of amides is 1. The fourth-order valence-corrected chi connectivity index (χ4v) is 2.01. The van der Waals surface area contributed by atoms with Gasteiger partial charge in [-0.1, -0.05) is 45.9 Å². The summed E-state index contributed by atoms with van der Waals surface area (Å²) in [4.78, 5) is 12.3. The van der Waals surface area contributed by atoms with Crippen molar-refractivity contribution in [3.05, 3.63) is 29.8 Å². The van der Waals surface area contributed by atoms with E-state index in [1.165, 1.54) is 0 Å². The van der Waals surface area contributed by atoms with Crippen molar-refractivity contribution in [3.63, 3.8) is 0 Å². The highest BCUT2D eigenvalue weighted by molar-refractivity contribution is 5.82. The number of hydrogen-bond acceptors (Lipinski definition) is 3. The normalized spacial score (nSPS) is 14.5. The van der Waals surface area contributed by atoms with Gasteiger partial charge >= 0.3 is 0 Å². The van der Waals surface area contributed by atoms with Crippen molar-refractivity contribution < 1.29 is 9.53 Å². The molecule has 0 spiro atoms. The molecule has 0 aliphatic rings. The molecule has 2 unspecified atom stereocenters. The molecule has 0 saturated heterocycles. The Bertz CT molecular complexity index is 452. The van der Waals surface area contributed by atoms with E-state index < -0.39 is 6.04 Å². The average Bonchev–Trinajstić information content (AvgIpc) is 2.42. The molecule has 0 aliphatic carbocycles. The van der Waals surface area contributed by atoms with Crippen LogP contribution in [0.2, 0.25) is 0 Å². The van der Waals surface area contributed by atoms with Gasteiger partial charge in [-0.05, 0) is 17.9 Å². The fraction of sp³-hybridized carbons (Fsp3) is 0.562. The molecule has 4 nitrogen and oxygen atoms in total. The third kappa shape index (κ3) is 3.97. The smallest absolute Gasteiger partial charge is 0.237 e. The number of ether oxygens (including phenoxy) is 1. The van der Waals surface area contributed by atoms with Crippen molar-refractivity contribution in [2.24, 2.45) is 11.1 Å². The Labute approximate surface area is 121 Å². The van der Waals surface area contributed by atoms with Gasteiger partial charge in [-0.3, -0.25) is 4.79 Å². The number of nitrogens with two attached hydrogens (primary N) is 1. The van der Waals surface area contributed by atoms with Gasteiger partial charge in [0.05, 0.1) is 19.2 Å². The molecule has 0 radical (unpaired) electrons. The van der Waals surface area contributed by atoms with Crippen LogP contribution in [0, 0.1) is 5.41 Å². The van der Waals surface area contributed by atoms with E-state index in [0.29, 0.717) is 0 Å². The number of methoxy groups -OCH3 is 1. The molecule has 1 aromatic carbocycles. The van der Waals surface area contributed by atoms with Gasteiger partial charge in [-0.25, -0.2) is 0 Å². The molecule has 112 valence electrons. The van der Waals surface area contributed by atoms with Gasteiger partial charge in [0.15, 0.2) is 0 Å². The van der Waals surface area contributed by atoms with Gasteiger partial charge in [-0.2, -0.15) is 0 Å². The first-order valence-electron chi connectivity index (χ1n) is 7.00. The second-order valence-electron chi connectivity index (χ2n) is 6.06. The van der Waals surface area contributed by atoms with E-state index >= 15 is 0 Å². The molecule has 0 aliphatic heterocycles. The Morgan fingerprint density at radius 2 is 1.95 bits per heavy atom. The first-order chi connectivity index (χ1) is 9.31. The van der Waals surface area contributed by atoms with Crippen LogP contribution in [0.1, 0.15) is 45.7 Å². The summed E-state index contributed by atoms with van der Waals surface area (Å²) >= 11 is 0. The van der Waals surface area contributed by atoms with E-state index in [-0.39, 0.29) is 17.4 Å². The maximum absolute atomic E-state index is 12.3. The first-order valence-corrected chi connectivity index (χ1v) is 7.00. The second-order valence-corrected chi connectivity index (χ2v) is 6.06. The number of carbonyl (C=O) groups is 1. The van der Waals surface area contributed by atoms with Crippen molar-refractivity contribution in [1.82, 2.24) is 5.32 Å². The van der Waals surface area contributed by atoms with Crippen LogP contribution in [0.25, 0.3) is 0 Å². The lowest BCUT2D eigenvalue weighted by Gasteiger charge is -2.28. The molecule has 2 atom stereocenters. The largest absolute Gasteiger partial charge is 0.496 e. The standard InChI is InChI=1S/C16H26N2O2/c1-6-12(11-9-7-8-10-13(11)20-5)18-15(19)14(17)16(2,3)4/h7-10,12,14H,6,17H2,1-5H3,(H,18,19). The van der Waals surface area contributed by atoms with Crippen molar-refractivity contribution in [2.75, 3.05) is 7.11 Å². The summed E-state index contributed by atoms with van der Waals surface area (Å²) < 4.78 is 5.35. The average molecular weight is 278 g/mol. The van der Waals surface area contributed by atoms with Gasteiger partial charge < -0.3 is 15.8 Å². The molecule has 20 heavy (non-hydrogen) atoms. The quantitative estimate of drug-likeness (QED) is 0.870. The zero-order valence-electron chi connectivity index (χ0n) is 13.1. The predicted molar refractivity (Wildman–Crippen MR) is 81.6 cm³/mol. The monoisotopic (exact) mass is 278 g/mol. The van der Waals surface area contributed by atoms with Crippen LogP contribution < -0.4 is 15.8 Å². The molecule has 1 aromatic rings. The molecule has 3 N–H and O–H groups in total. The summed E-state index contributed by atoms with van der Waals surface area (Å²) in [5, 5.41) is 3.02. The number of rotatable bonds is 5. The number of benzene rings is 1. The number of nitrogens with one attached hydrogen (secondary N) is 1. The lowest BCUT2D eigenvalue weighted by molar-refractivity contribution is -0.125. The van der Waals surface area contributed by atoms with Crippen LogP contribution in [-0.4, -0.2) is 19.1 Å². The van der Waals surface area contributed by atoms with Gasteiger partial charge in [-0.15, -0.1) is 0 Å². The van der Waals surface area contributed by atoms with Crippen molar-refractivity contribution >= 4 is 5.91 Å². The number of hydrogen-bond donors (Lipinski definition) is 2. The summed E-state index contributed by atoms with van der Waals surface area (Å²) in [6.45, 7) is 7.91. The minimum absolute atomic E-state index is 0.0907. The maximum Gasteiger partial charge on any atom is 0.237 e. The Kier molecular flexibility index (Phi) is 5.57. The number of carbonyl (C=O) groups excluding carboxylic acids is 1. The highest BCUT2D eigenvalue weighted by Crippen LogP contribution is 2.27. The molecule has 0 bridgehead atoms. The molecule has 0 fully saturated rings. The third-order valence-electron chi connectivity index (χ3n) is 3.45. The van der Waals surface area contributed by atoms with E-state index in [1.807, 2.05) is 52.0 Å². The first kappa shape index (κ1) is 16.5. The van der Waals surface area contributed by atoms with E-state index in [9.17, 15) is 4.79 Å². The molecule has 0 heterocycles. The Morgan fingerprint density at radius 3 is 2.45 bits per heavy atom. The lowest BCUT2D eigenvalue weighted by atomic mass is 9.86. The summed E-state index contributed by atoms with van der Waals surface area (Å²) in [5.74, 6) is 0.652. The lowest BCUT2D eigenvalue weighted by Crippen LogP contribution is -2.49. The van der Waals surface area contributed by atoms with Crippen LogP contribution in [0.3, 0.4) is 0 Å². The predicted octanol–water partition coefficient (Wildman–Crippen LogP) is 2.64. The van der Waals surface area contributed by atoms with Gasteiger partial charge in [0.1, 0.15) is 5.75 Å². The maximum atomic E-state index is 12.3. The number of para-hydroxylation sites is 1. The van der Waals surface area contributed by atoms with E-state index in [2.05, 4.69) is 5.32 Å². The zero-order valence-corrected chi connectivity index (χ0v) is 13.1. The van der Waals surface area contributed by atoms with E-state index in [4.69, 9.17) is 10.5 Å². The molecule has 0 aromatic heterocycles. The highest BCUT2D eigenvalue weighted by atomic mass is 16.5. The van der Waals surface area contributed by atoms with Crippen LogP contribution >= 0.6 is 0 Å². The minimum atomic E-state index is -0.536. The van der Waals surface area contributed by atoms with Crippen molar-refractivity contribution in [2.45, 2.75) is 46.2 Å². The Morgan fingerprint density at radius 1 is 1.35 bits per heavy atom. The van der Waals surface area contributed by atoms with Crippen molar-refractivity contribution in [3.8, 4) is 5.75 Å². The molecule has 1 amide bonds. The molecule has 1 rings (SSSR count). The van der Waals surface area contributed by atoms with Crippen LogP contribution in [0.5, 0.6) is 5.75 Å². The van der Waals surface area contributed by atoms with Gasteiger partial charge in [0.2, 0.25) is 5.91 Å². The minimum Gasteiger partial charge on any atom is -0.496 e. The summed E-state index contributed by atoms with van der Waals surface area (Å²) in [6, 6.07) is 7.09. The van der Waals surface area contributed by atoms with Crippen LogP contribution in [0.4, 0.5) is 0 Å². The fourth-order valence-electron chi connectivity index (χ4n) is 2.01. The summed E-state index contributed by atoms with van der Waals surface area (Å²) in [6.07, 6.45) is 0.781. The molecular weight excluding hydrogens is 252 g/mol. The highest BCUT2D eigenvalue weighted by Gasteiger charge is 2.29. The van der Waals surface area contributed by atoms with Crippen LogP contribution in [-0.2, 0) is 4.79 Å². The second kappa shape index (κ2) is 6.75. The van der Waals surface area contributed by atoms with Crippen molar-refractivity contribution in [1.29, 1.82) is 0 Å². The van der Waals surface area contributed by atoms with Crippen LogP contribution in [0.15, 0.2) is 24.3 Å². The zero-order chi connectivity index (χ0) is 15.3. The molecule has 4 heteroatoms. The van der Waals surface area contributed by atoms with Gasteiger partial charge in [0, 0.05) is 5.56 Å². The SMILES string of the molecule is CCC(NC(=O)C(N)C(C)(C)C)c1ccccc1OC. The third-order valence-corrected chi connectivity index (χ3v) is 3.45. The molecule has 0 saturated carbocycles. The topological polar surface area (TPSA) is 64.4 Å². The van der Waals surface area contributed by atoms with E-state index in [0.717, 1.165) is 17.7 Å². The molecular formula is C16H26N2O2. The Balaban J connectivity index is 2.90. The van der Waals surface area contributed by atoms with E-state index in [1.54, 1.807) is 7.11 Å². The summed E-state index contributed by atoms with van der Waals surface area (Å²) in [5.41, 5.74) is 6.72. The summed E-state index contributed by atoms with van der Waals surface area (Å²) in [7, 11) is 1.63.